The lowest BCUT2D eigenvalue weighted by molar-refractivity contribution is 0.303. The molecular weight excluding hydrogens is 327 g/mol. The van der Waals surface area contributed by atoms with Crippen LogP contribution in [0.4, 0.5) is 4.39 Å². The maximum atomic E-state index is 13.3. The number of imidazole rings is 1. The zero-order valence-electron chi connectivity index (χ0n) is 14.3. The van der Waals surface area contributed by atoms with Gasteiger partial charge in [0.1, 0.15) is 17.4 Å². The second kappa shape index (κ2) is 7.40. The largest absolute Gasteiger partial charge is 0.494 e. The van der Waals surface area contributed by atoms with Crippen LogP contribution in [-0.4, -0.2) is 16.2 Å². The van der Waals surface area contributed by atoms with Crippen molar-refractivity contribution in [2.75, 3.05) is 6.61 Å². The zero-order chi connectivity index (χ0) is 17.8. The average Bonchev–Trinajstić information content (AvgIpc) is 3.05. The van der Waals surface area contributed by atoms with Crippen LogP contribution in [0.25, 0.3) is 22.4 Å². The summed E-state index contributed by atoms with van der Waals surface area (Å²) in [6, 6.07) is 24.3. The van der Waals surface area contributed by atoms with Gasteiger partial charge in [-0.2, -0.15) is 0 Å². The van der Waals surface area contributed by atoms with Gasteiger partial charge >= 0.3 is 0 Å². The van der Waals surface area contributed by atoms with Gasteiger partial charge < -0.3 is 9.30 Å². The van der Waals surface area contributed by atoms with Crippen LogP contribution >= 0.6 is 0 Å². The van der Waals surface area contributed by atoms with Gasteiger partial charge in [-0.25, -0.2) is 9.37 Å². The van der Waals surface area contributed by atoms with E-state index in [1.54, 1.807) is 12.1 Å². The first-order chi connectivity index (χ1) is 12.8. The van der Waals surface area contributed by atoms with Crippen molar-refractivity contribution < 1.29 is 9.13 Å². The molecule has 0 amide bonds. The molecule has 4 rings (SSSR count). The van der Waals surface area contributed by atoms with Gasteiger partial charge in [-0.3, -0.25) is 0 Å². The molecule has 0 saturated carbocycles. The Balaban J connectivity index is 1.56. The minimum atomic E-state index is -0.243. The molecule has 1 aromatic heterocycles. The fraction of sp³-hybridized carbons (Fsp3) is 0.136. The molecule has 4 heteroatoms. The topological polar surface area (TPSA) is 27.1 Å². The molecule has 0 aliphatic carbocycles. The Labute approximate surface area is 151 Å². The van der Waals surface area contributed by atoms with Crippen LogP contribution in [0.15, 0.2) is 78.9 Å². The van der Waals surface area contributed by atoms with Gasteiger partial charge in [0, 0.05) is 12.1 Å². The van der Waals surface area contributed by atoms with E-state index in [1.165, 1.54) is 12.1 Å². The monoisotopic (exact) mass is 346 g/mol. The summed E-state index contributed by atoms with van der Waals surface area (Å²) in [4.78, 5) is 4.75. The molecule has 130 valence electrons. The third kappa shape index (κ3) is 3.45. The number of aromatic nitrogens is 2. The summed E-state index contributed by atoms with van der Waals surface area (Å²) in [5.41, 5.74) is 2.92. The van der Waals surface area contributed by atoms with Crippen LogP contribution in [0.3, 0.4) is 0 Å². The summed E-state index contributed by atoms with van der Waals surface area (Å²) in [6.45, 7) is 1.40. The number of halogens is 1. The molecule has 0 N–H and O–H groups in total. The first kappa shape index (κ1) is 16.3. The molecule has 0 bridgehead atoms. The molecule has 0 unspecified atom stereocenters. The van der Waals surface area contributed by atoms with Crippen molar-refractivity contribution in [3.05, 3.63) is 84.7 Å². The van der Waals surface area contributed by atoms with E-state index in [2.05, 4.69) is 10.6 Å². The molecule has 26 heavy (non-hydrogen) atoms. The van der Waals surface area contributed by atoms with E-state index in [0.29, 0.717) is 6.61 Å². The highest BCUT2D eigenvalue weighted by molar-refractivity contribution is 5.80. The number of fused-ring (bicyclic) bond motifs is 1. The predicted octanol–water partition coefficient (Wildman–Crippen LogP) is 5.31. The van der Waals surface area contributed by atoms with Gasteiger partial charge in [0.05, 0.1) is 17.6 Å². The number of nitrogens with zero attached hydrogens (tertiary/aromatic N) is 2. The SMILES string of the molecule is Fc1ccc(-c2nc3ccccc3n2CCCOc2ccccc2)cc1. The van der Waals surface area contributed by atoms with Crippen LogP contribution in [0.1, 0.15) is 6.42 Å². The quantitative estimate of drug-likeness (QED) is 0.442. The molecule has 3 aromatic carbocycles. The number of rotatable bonds is 6. The minimum absolute atomic E-state index is 0.243. The first-order valence-corrected chi connectivity index (χ1v) is 8.70. The lowest BCUT2D eigenvalue weighted by Gasteiger charge is -2.10. The second-order valence-electron chi connectivity index (χ2n) is 6.10. The molecule has 0 radical (unpaired) electrons. The Morgan fingerprint density at radius 3 is 2.38 bits per heavy atom. The third-order valence-corrected chi connectivity index (χ3v) is 4.29. The number of ether oxygens (including phenoxy) is 1. The zero-order valence-corrected chi connectivity index (χ0v) is 14.3. The van der Waals surface area contributed by atoms with E-state index < -0.39 is 0 Å². The Morgan fingerprint density at radius 1 is 0.846 bits per heavy atom. The van der Waals surface area contributed by atoms with Gasteiger partial charge in [-0.05, 0) is 55.0 Å². The van der Waals surface area contributed by atoms with Crippen LogP contribution in [0.2, 0.25) is 0 Å². The number of hydrogen-bond acceptors (Lipinski definition) is 2. The van der Waals surface area contributed by atoms with Crippen molar-refractivity contribution in [2.24, 2.45) is 0 Å². The van der Waals surface area contributed by atoms with Crippen LogP contribution in [0.5, 0.6) is 5.75 Å². The predicted molar refractivity (Wildman–Crippen MR) is 102 cm³/mol. The van der Waals surface area contributed by atoms with Crippen LogP contribution in [-0.2, 0) is 6.54 Å². The van der Waals surface area contributed by atoms with E-state index in [-0.39, 0.29) is 5.82 Å². The lowest BCUT2D eigenvalue weighted by Crippen LogP contribution is -2.06. The molecule has 1 heterocycles. The maximum Gasteiger partial charge on any atom is 0.141 e. The average molecular weight is 346 g/mol. The van der Waals surface area contributed by atoms with Crippen LogP contribution in [0, 0.1) is 5.82 Å². The first-order valence-electron chi connectivity index (χ1n) is 8.70. The number of para-hydroxylation sites is 3. The van der Waals surface area contributed by atoms with Gasteiger partial charge in [-0.1, -0.05) is 30.3 Å². The summed E-state index contributed by atoms with van der Waals surface area (Å²) in [5, 5.41) is 0. The molecule has 4 aromatic rings. The van der Waals surface area contributed by atoms with Crippen LogP contribution < -0.4 is 4.74 Å². The fourth-order valence-electron chi connectivity index (χ4n) is 3.05. The fourth-order valence-corrected chi connectivity index (χ4v) is 3.05. The number of hydrogen-bond donors (Lipinski definition) is 0. The van der Waals surface area contributed by atoms with Crippen molar-refractivity contribution in [2.45, 2.75) is 13.0 Å². The van der Waals surface area contributed by atoms with Gasteiger partial charge in [0.25, 0.3) is 0 Å². The van der Waals surface area contributed by atoms with E-state index in [1.807, 2.05) is 48.5 Å². The van der Waals surface area contributed by atoms with Crippen molar-refractivity contribution >= 4 is 11.0 Å². The number of benzene rings is 3. The summed E-state index contributed by atoms with van der Waals surface area (Å²) < 4.78 is 21.2. The highest BCUT2D eigenvalue weighted by Gasteiger charge is 2.12. The Bertz CT molecular complexity index is 994. The highest BCUT2D eigenvalue weighted by Crippen LogP contribution is 2.25. The summed E-state index contributed by atoms with van der Waals surface area (Å²) in [5.74, 6) is 1.49. The summed E-state index contributed by atoms with van der Waals surface area (Å²) in [7, 11) is 0. The minimum Gasteiger partial charge on any atom is -0.494 e. The molecule has 0 aliphatic rings. The van der Waals surface area contributed by atoms with Gasteiger partial charge in [0.2, 0.25) is 0 Å². The van der Waals surface area contributed by atoms with Crippen molar-refractivity contribution in [3.63, 3.8) is 0 Å². The Hall–Kier alpha value is -3.14. The van der Waals surface area contributed by atoms with E-state index in [0.717, 1.165) is 41.1 Å². The molecule has 0 spiro atoms. The highest BCUT2D eigenvalue weighted by atomic mass is 19.1. The lowest BCUT2D eigenvalue weighted by atomic mass is 10.2. The van der Waals surface area contributed by atoms with Gasteiger partial charge in [0.15, 0.2) is 0 Å². The van der Waals surface area contributed by atoms with E-state index in [4.69, 9.17) is 9.72 Å². The molecular formula is C22H19FN2O. The normalized spacial score (nSPS) is 11.0. The van der Waals surface area contributed by atoms with Crippen molar-refractivity contribution in [1.82, 2.24) is 9.55 Å². The third-order valence-electron chi connectivity index (χ3n) is 4.29. The van der Waals surface area contributed by atoms with E-state index >= 15 is 0 Å². The molecule has 0 fully saturated rings. The standard InChI is InChI=1S/C22H19FN2O/c23-18-13-11-17(12-14-18)22-24-20-9-4-5-10-21(20)25(22)15-6-16-26-19-7-2-1-3-8-19/h1-5,7-14H,6,15-16H2. The van der Waals surface area contributed by atoms with Gasteiger partial charge in [-0.15, -0.1) is 0 Å². The molecule has 3 nitrogen and oxygen atoms in total. The number of aryl methyl sites for hydroxylation is 1. The smallest absolute Gasteiger partial charge is 0.141 e. The Morgan fingerprint density at radius 2 is 1.58 bits per heavy atom. The van der Waals surface area contributed by atoms with Crippen molar-refractivity contribution in [3.8, 4) is 17.1 Å². The molecule has 0 aliphatic heterocycles. The van der Waals surface area contributed by atoms with Crippen molar-refractivity contribution in [1.29, 1.82) is 0 Å². The second-order valence-corrected chi connectivity index (χ2v) is 6.10. The molecule has 0 saturated heterocycles. The summed E-state index contributed by atoms with van der Waals surface area (Å²) >= 11 is 0. The molecule has 0 atom stereocenters. The maximum absolute atomic E-state index is 13.3. The van der Waals surface area contributed by atoms with E-state index in [9.17, 15) is 4.39 Å². The Kier molecular flexibility index (Phi) is 4.65. The summed E-state index contributed by atoms with van der Waals surface area (Å²) in [6.07, 6.45) is 0.851.